The maximum absolute atomic E-state index is 13.5. The standard InChI is InChI=1S/C22H20FN3O2S/c1-25-11-16-13-26(14-17(16)12-25)21-7-2-4-15-8-20(10-24-22(15)21)29(27,28)19-6-3-5-18(23)9-19/h2-11,17H,12-14H2,1H3/t17-/m1/s1. The van der Waals surface area contributed by atoms with Crippen molar-refractivity contribution in [3.63, 3.8) is 0 Å². The highest BCUT2D eigenvalue weighted by Crippen LogP contribution is 2.35. The van der Waals surface area contributed by atoms with Crippen LogP contribution in [0.3, 0.4) is 0 Å². The number of rotatable bonds is 3. The molecule has 0 spiro atoms. The number of para-hydroxylation sites is 1. The van der Waals surface area contributed by atoms with E-state index in [1.165, 1.54) is 30.0 Å². The van der Waals surface area contributed by atoms with Crippen molar-refractivity contribution in [3.05, 3.63) is 72.3 Å². The Morgan fingerprint density at radius 1 is 1.07 bits per heavy atom. The summed E-state index contributed by atoms with van der Waals surface area (Å²) in [5.41, 5.74) is 3.21. The summed E-state index contributed by atoms with van der Waals surface area (Å²) in [6.45, 7) is 2.82. The average Bonchev–Trinajstić information content (AvgIpc) is 3.24. The smallest absolute Gasteiger partial charge is 0.208 e. The van der Waals surface area contributed by atoms with Crippen molar-refractivity contribution in [3.8, 4) is 0 Å². The molecule has 0 N–H and O–H groups in total. The third-order valence-electron chi connectivity index (χ3n) is 5.66. The van der Waals surface area contributed by atoms with Gasteiger partial charge in [0, 0.05) is 50.4 Å². The third kappa shape index (κ3) is 3.06. The van der Waals surface area contributed by atoms with Gasteiger partial charge in [-0.05, 0) is 35.9 Å². The molecule has 0 unspecified atom stereocenters. The normalized spacial score (nSPS) is 19.0. The maximum atomic E-state index is 13.5. The molecule has 5 rings (SSSR count). The molecule has 1 fully saturated rings. The minimum absolute atomic E-state index is 0.0652. The van der Waals surface area contributed by atoms with Crippen molar-refractivity contribution in [1.29, 1.82) is 0 Å². The maximum Gasteiger partial charge on any atom is 0.208 e. The van der Waals surface area contributed by atoms with E-state index in [1.807, 2.05) is 18.2 Å². The lowest BCUT2D eigenvalue weighted by Crippen LogP contribution is -2.24. The molecule has 2 aliphatic rings. The number of benzene rings is 2. The van der Waals surface area contributed by atoms with Gasteiger partial charge in [0.2, 0.25) is 9.84 Å². The first kappa shape index (κ1) is 18.1. The largest absolute Gasteiger partial charge is 0.380 e. The molecule has 2 aliphatic heterocycles. The molecule has 0 radical (unpaired) electrons. The van der Waals surface area contributed by atoms with Gasteiger partial charge >= 0.3 is 0 Å². The van der Waals surface area contributed by atoms with Crippen LogP contribution < -0.4 is 4.90 Å². The second kappa shape index (κ2) is 6.56. The van der Waals surface area contributed by atoms with Crippen LogP contribution in [0.4, 0.5) is 10.1 Å². The van der Waals surface area contributed by atoms with Crippen LogP contribution in [-0.2, 0) is 9.84 Å². The van der Waals surface area contributed by atoms with Crippen LogP contribution in [0, 0.1) is 11.7 Å². The number of halogens is 1. The number of pyridine rings is 1. The van der Waals surface area contributed by atoms with E-state index >= 15 is 0 Å². The first-order valence-corrected chi connectivity index (χ1v) is 11.0. The van der Waals surface area contributed by atoms with Crippen LogP contribution in [0.2, 0.25) is 0 Å². The predicted molar refractivity (Wildman–Crippen MR) is 110 cm³/mol. The molecule has 148 valence electrons. The minimum Gasteiger partial charge on any atom is -0.380 e. The van der Waals surface area contributed by atoms with Crippen molar-refractivity contribution in [2.45, 2.75) is 9.79 Å². The molecule has 29 heavy (non-hydrogen) atoms. The summed E-state index contributed by atoms with van der Waals surface area (Å²) in [6, 6.07) is 12.5. The Hall–Kier alpha value is -2.93. The van der Waals surface area contributed by atoms with Gasteiger partial charge in [0.05, 0.1) is 21.0 Å². The Labute approximate surface area is 169 Å². The van der Waals surface area contributed by atoms with E-state index in [0.717, 1.165) is 42.3 Å². The van der Waals surface area contributed by atoms with Gasteiger partial charge in [-0.1, -0.05) is 18.2 Å². The summed E-state index contributed by atoms with van der Waals surface area (Å²) >= 11 is 0. The van der Waals surface area contributed by atoms with Crippen molar-refractivity contribution < 1.29 is 12.8 Å². The van der Waals surface area contributed by atoms with Gasteiger partial charge in [-0.3, -0.25) is 4.98 Å². The van der Waals surface area contributed by atoms with E-state index in [1.54, 1.807) is 6.07 Å². The summed E-state index contributed by atoms with van der Waals surface area (Å²) in [5, 5.41) is 0.753. The number of hydrogen-bond donors (Lipinski definition) is 0. The number of anilines is 1. The van der Waals surface area contributed by atoms with Gasteiger partial charge in [-0.25, -0.2) is 12.8 Å². The Bertz CT molecular complexity index is 1260. The van der Waals surface area contributed by atoms with Crippen molar-refractivity contribution in [2.24, 2.45) is 5.92 Å². The SMILES string of the molecule is CN1C=C2CN(c3cccc4cc(S(=O)(=O)c5cccc(F)c5)cnc34)C[C@H]2C1. The molecule has 0 aliphatic carbocycles. The Balaban J connectivity index is 1.54. The molecule has 2 aromatic carbocycles. The van der Waals surface area contributed by atoms with Gasteiger partial charge in [0.15, 0.2) is 0 Å². The van der Waals surface area contributed by atoms with Crippen molar-refractivity contribution in [1.82, 2.24) is 9.88 Å². The highest BCUT2D eigenvalue weighted by Gasteiger charge is 2.33. The molecule has 0 amide bonds. The number of sulfone groups is 1. The Kier molecular flexibility index (Phi) is 4.10. The van der Waals surface area contributed by atoms with Crippen LogP contribution in [0.25, 0.3) is 10.9 Å². The summed E-state index contributed by atoms with van der Waals surface area (Å²) < 4.78 is 39.3. The molecule has 1 aromatic heterocycles. The van der Waals surface area contributed by atoms with Crippen molar-refractivity contribution >= 4 is 26.4 Å². The van der Waals surface area contributed by atoms with Gasteiger partial charge in [0.25, 0.3) is 0 Å². The average molecular weight is 409 g/mol. The number of nitrogens with zero attached hydrogens (tertiary/aromatic N) is 3. The first-order chi connectivity index (χ1) is 13.9. The van der Waals surface area contributed by atoms with Crippen LogP contribution in [0.15, 0.2) is 76.3 Å². The zero-order valence-electron chi connectivity index (χ0n) is 15.9. The molecule has 7 heteroatoms. The second-order valence-electron chi connectivity index (χ2n) is 7.70. The fraction of sp³-hybridized carbons (Fsp3) is 0.227. The lowest BCUT2D eigenvalue weighted by Gasteiger charge is -2.21. The summed E-state index contributed by atoms with van der Waals surface area (Å²) in [5.74, 6) is -0.0514. The number of aromatic nitrogens is 1. The molecule has 5 nitrogen and oxygen atoms in total. The van der Waals surface area contributed by atoms with Gasteiger partial charge in [-0.2, -0.15) is 0 Å². The fourth-order valence-electron chi connectivity index (χ4n) is 4.28. The van der Waals surface area contributed by atoms with E-state index in [2.05, 4.69) is 28.0 Å². The minimum atomic E-state index is -3.83. The third-order valence-corrected chi connectivity index (χ3v) is 7.37. The van der Waals surface area contributed by atoms with Crippen LogP contribution >= 0.6 is 0 Å². The number of fused-ring (bicyclic) bond motifs is 2. The summed E-state index contributed by atoms with van der Waals surface area (Å²) in [6.07, 6.45) is 3.59. The molecule has 0 saturated carbocycles. The molecular weight excluding hydrogens is 389 g/mol. The number of hydrogen-bond acceptors (Lipinski definition) is 5. The predicted octanol–water partition coefficient (Wildman–Crippen LogP) is 3.47. The zero-order valence-corrected chi connectivity index (χ0v) is 16.7. The summed E-state index contributed by atoms with van der Waals surface area (Å²) in [4.78, 5) is 9.03. The van der Waals surface area contributed by atoms with Crippen LogP contribution in [0.1, 0.15) is 0 Å². The molecule has 3 heterocycles. The molecular formula is C22H20FN3O2S. The van der Waals surface area contributed by atoms with E-state index in [4.69, 9.17) is 0 Å². The molecule has 3 aromatic rings. The van der Waals surface area contributed by atoms with E-state index in [-0.39, 0.29) is 9.79 Å². The zero-order chi connectivity index (χ0) is 20.2. The van der Waals surface area contributed by atoms with E-state index in [9.17, 15) is 12.8 Å². The Morgan fingerprint density at radius 2 is 1.90 bits per heavy atom. The van der Waals surface area contributed by atoms with E-state index in [0.29, 0.717) is 5.92 Å². The first-order valence-electron chi connectivity index (χ1n) is 9.47. The molecule has 0 bridgehead atoms. The monoisotopic (exact) mass is 409 g/mol. The highest BCUT2D eigenvalue weighted by atomic mass is 32.2. The van der Waals surface area contributed by atoms with Crippen LogP contribution in [0.5, 0.6) is 0 Å². The Morgan fingerprint density at radius 3 is 2.69 bits per heavy atom. The topological polar surface area (TPSA) is 53.5 Å². The highest BCUT2D eigenvalue weighted by molar-refractivity contribution is 7.91. The van der Waals surface area contributed by atoms with E-state index < -0.39 is 15.7 Å². The van der Waals surface area contributed by atoms with Crippen LogP contribution in [-0.4, -0.2) is 45.0 Å². The van der Waals surface area contributed by atoms with Gasteiger partial charge in [0.1, 0.15) is 5.82 Å². The fourth-order valence-corrected chi connectivity index (χ4v) is 5.55. The molecule has 1 atom stereocenters. The van der Waals surface area contributed by atoms with Gasteiger partial charge < -0.3 is 9.80 Å². The molecule has 1 saturated heterocycles. The second-order valence-corrected chi connectivity index (χ2v) is 9.65. The quantitative estimate of drug-likeness (QED) is 0.663. The van der Waals surface area contributed by atoms with Crippen molar-refractivity contribution in [2.75, 3.05) is 31.6 Å². The van der Waals surface area contributed by atoms with Gasteiger partial charge in [-0.15, -0.1) is 0 Å². The lowest BCUT2D eigenvalue weighted by molar-refractivity contribution is 0.443. The lowest BCUT2D eigenvalue weighted by atomic mass is 10.1. The summed E-state index contributed by atoms with van der Waals surface area (Å²) in [7, 11) is -1.74.